The minimum atomic E-state index is -3.39. The van der Waals surface area contributed by atoms with Crippen LogP contribution in [0.15, 0.2) is 64.2 Å². The Hall–Kier alpha value is -2.98. The van der Waals surface area contributed by atoms with Crippen molar-refractivity contribution < 1.29 is 8.42 Å². The van der Waals surface area contributed by atoms with Gasteiger partial charge in [-0.25, -0.2) is 13.4 Å². The highest BCUT2D eigenvalue weighted by Gasteiger charge is 2.25. The quantitative estimate of drug-likeness (QED) is 0.393. The third-order valence-electron chi connectivity index (χ3n) is 5.03. The van der Waals surface area contributed by atoms with Gasteiger partial charge in [-0.1, -0.05) is 12.1 Å². The van der Waals surface area contributed by atoms with Crippen molar-refractivity contribution in [3.63, 3.8) is 0 Å². The van der Waals surface area contributed by atoms with Crippen molar-refractivity contribution in [1.82, 2.24) is 19.7 Å². The SMILES string of the molecule is CS(=O)(=O)c1ccccc1Nc1nc(Nc2ccc3c(cnn3C3CC3)c2)ncc1Br. The van der Waals surface area contributed by atoms with Crippen molar-refractivity contribution in [2.75, 3.05) is 16.9 Å². The fourth-order valence-electron chi connectivity index (χ4n) is 3.41. The first-order valence-corrected chi connectivity index (χ1v) is 12.4. The molecule has 0 bridgehead atoms. The van der Waals surface area contributed by atoms with Gasteiger partial charge < -0.3 is 10.6 Å². The van der Waals surface area contributed by atoms with Gasteiger partial charge >= 0.3 is 0 Å². The second-order valence-electron chi connectivity index (χ2n) is 7.50. The summed E-state index contributed by atoms with van der Waals surface area (Å²) in [4.78, 5) is 9.04. The Kier molecular flexibility index (Phi) is 4.90. The van der Waals surface area contributed by atoms with Gasteiger partial charge in [0.25, 0.3) is 0 Å². The van der Waals surface area contributed by atoms with Gasteiger partial charge in [-0.05, 0) is 59.1 Å². The fourth-order valence-corrected chi connectivity index (χ4v) is 4.54. The molecule has 2 aromatic heterocycles. The van der Waals surface area contributed by atoms with Crippen LogP contribution in [0.3, 0.4) is 0 Å². The van der Waals surface area contributed by atoms with Crippen LogP contribution in [-0.4, -0.2) is 34.4 Å². The third kappa shape index (κ3) is 4.13. The van der Waals surface area contributed by atoms with Gasteiger partial charge in [-0.2, -0.15) is 10.1 Å². The smallest absolute Gasteiger partial charge is 0.229 e. The van der Waals surface area contributed by atoms with E-state index in [1.165, 1.54) is 19.1 Å². The number of hydrogen-bond donors (Lipinski definition) is 2. The fraction of sp³-hybridized carbons (Fsp3) is 0.190. The number of fused-ring (bicyclic) bond motifs is 1. The highest BCUT2D eigenvalue weighted by molar-refractivity contribution is 9.10. The van der Waals surface area contributed by atoms with Crippen molar-refractivity contribution in [2.45, 2.75) is 23.8 Å². The van der Waals surface area contributed by atoms with E-state index in [9.17, 15) is 8.42 Å². The highest BCUT2D eigenvalue weighted by atomic mass is 79.9. The lowest BCUT2D eigenvalue weighted by atomic mass is 10.2. The van der Waals surface area contributed by atoms with Crippen LogP contribution in [0, 0.1) is 0 Å². The second-order valence-corrected chi connectivity index (χ2v) is 10.3. The zero-order valence-corrected chi connectivity index (χ0v) is 19.0. The molecular weight excluding hydrogens is 480 g/mol. The maximum absolute atomic E-state index is 12.1. The molecule has 4 aromatic rings. The molecule has 2 heterocycles. The predicted octanol–water partition coefficient (Wildman–Crippen LogP) is 4.81. The standard InChI is InChI=1S/C21H19BrN6O2S/c1-31(29,30)19-5-3-2-4-17(19)26-20-16(22)12-23-21(27-20)25-14-6-9-18-13(10-14)11-24-28(18)15-7-8-15/h2-6,9-12,15H,7-8H2,1H3,(H2,23,25,26,27). The first-order chi connectivity index (χ1) is 14.9. The van der Waals surface area contributed by atoms with Crippen LogP contribution in [0.25, 0.3) is 10.9 Å². The molecule has 0 amide bonds. The van der Waals surface area contributed by atoms with Crippen LogP contribution in [0.2, 0.25) is 0 Å². The Morgan fingerprint density at radius 3 is 2.68 bits per heavy atom. The third-order valence-corrected chi connectivity index (χ3v) is 6.76. The molecule has 8 nitrogen and oxygen atoms in total. The van der Waals surface area contributed by atoms with E-state index >= 15 is 0 Å². The molecule has 1 fully saturated rings. The molecular formula is C21H19BrN6O2S. The van der Waals surface area contributed by atoms with Gasteiger partial charge in [0.15, 0.2) is 9.84 Å². The van der Waals surface area contributed by atoms with Gasteiger partial charge in [0, 0.05) is 23.5 Å². The van der Waals surface area contributed by atoms with Crippen molar-refractivity contribution in [2.24, 2.45) is 0 Å². The topological polar surface area (TPSA) is 102 Å². The molecule has 2 aromatic carbocycles. The van der Waals surface area contributed by atoms with E-state index in [1.54, 1.807) is 30.5 Å². The number of anilines is 4. The number of halogens is 1. The maximum Gasteiger partial charge on any atom is 0.229 e. The number of hydrogen-bond acceptors (Lipinski definition) is 7. The number of benzene rings is 2. The maximum atomic E-state index is 12.1. The zero-order chi connectivity index (χ0) is 21.6. The molecule has 5 rings (SSSR count). The van der Waals surface area contributed by atoms with Crippen LogP contribution in [-0.2, 0) is 9.84 Å². The van der Waals surface area contributed by atoms with Crippen LogP contribution < -0.4 is 10.6 Å². The first-order valence-electron chi connectivity index (χ1n) is 9.71. The van der Waals surface area contributed by atoms with E-state index in [1.807, 2.05) is 24.4 Å². The molecule has 10 heteroatoms. The largest absolute Gasteiger partial charge is 0.338 e. The predicted molar refractivity (Wildman–Crippen MR) is 124 cm³/mol. The van der Waals surface area contributed by atoms with Gasteiger partial charge in [0.1, 0.15) is 5.82 Å². The number of nitrogens with zero attached hydrogens (tertiary/aromatic N) is 4. The summed E-state index contributed by atoms with van der Waals surface area (Å²) in [7, 11) is -3.39. The van der Waals surface area contributed by atoms with Crippen LogP contribution in [0.1, 0.15) is 18.9 Å². The summed E-state index contributed by atoms with van der Waals surface area (Å²) in [5, 5.41) is 11.9. The Balaban J connectivity index is 1.42. The lowest BCUT2D eigenvalue weighted by Gasteiger charge is -2.13. The number of rotatable bonds is 6. The van der Waals surface area contributed by atoms with Crippen LogP contribution in [0.5, 0.6) is 0 Å². The molecule has 0 spiro atoms. The van der Waals surface area contributed by atoms with Crippen molar-refractivity contribution in [3.8, 4) is 0 Å². The Morgan fingerprint density at radius 1 is 1.10 bits per heavy atom. The summed E-state index contributed by atoms with van der Waals surface area (Å²) < 4.78 is 26.9. The van der Waals surface area contributed by atoms with Crippen molar-refractivity contribution in [1.29, 1.82) is 0 Å². The normalized spacial score (nSPS) is 14.0. The van der Waals surface area contributed by atoms with Crippen LogP contribution >= 0.6 is 15.9 Å². The lowest BCUT2D eigenvalue weighted by Crippen LogP contribution is -2.05. The molecule has 0 radical (unpaired) electrons. The molecule has 2 N–H and O–H groups in total. The van der Waals surface area contributed by atoms with E-state index in [0.717, 1.165) is 16.6 Å². The van der Waals surface area contributed by atoms with Gasteiger partial charge in [0.05, 0.1) is 32.8 Å². The zero-order valence-electron chi connectivity index (χ0n) is 16.6. The lowest BCUT2D eigenvalue weighted by molar-refractivity contribution is 0.602. The summed E-state index contributed by atoms with van der Waals surface area (Å²) in [6.45, 7) is 0. The van der Waals surface area contributed by atoms with Gasteiger partial charge in [-0.15, -0.1) is 0 Å². The average Bonchev–Trinajstić information content (AvgIpc) is 3.49. The molecule has 1 saturated carbocycles. The molecule has 1 aliphatic carbocycles. The Bertz CT molecular complexity index is 1400. The summed E-state index contributed by atoms with van der Waals surface area (Å²) in [5.41, 5.74) is 2.40. The van der Waals surface area contributed by atoms with E-state index in [2.05, 4.69) is 46.3 Å². The van der Waals surface area contributed by atoms with Crippen LogP contribution in [0.4, 0.5) is 23.1 Å². The van der Waals surface area contributed by atoms with E-state index < -0.39 is 9.84 Å². The molecule has 0 saturated heterocycles. The Morgan fingerprint density at radius 2 is 1.90 bits per heavy atom. The summed E-state index contributed by atoms with van der Waals surface area (Å²) >= 11 is 3.43. The summed E-state index contributed by atoms with van der Waals surface area (Å²) in [6, 6.07) is 13.3. The Labute approximate surface area is 187 Å². The second kappa shape index (κ2) is 7.61. The minimum Gasteiger partial charge on any atom is -0.338 e. The minimum absolute atomic E-state index is 0.202. The number of para-hydroxylation sites is 1. The van der Waals surface area contributed by atoms with Crippen molar-refractivity contribution in [3.05, 3.63) is 59.3 Å². The average molecular weight is 499 g/mol. The molecule has 0 atom stereocenters. The first kappa shape index (κ1) is 20.0. The molecule has 0 unspecified atom stereocenters. The summed E-state index contributed by atoms with van der Waals surface area (Å²) in [5.74, 6) is 0.840. The monoisotopic (exact) mass is 498 g/mol. The molecule has 1 aliphatic rings. The van der Waals surface area contributed by atoms with Crippen molar-refractivity contribution >= 4 is 59.8 Å². The number of aromatic nitrogens is 4. The van der Waals surface area contributed by atoms with Gasteiger partial charge in [0.2, 0.25) is 5.95 Å². The van der Waals surface area contributed by atoms with E-state index in [0.29, 0.717) is 28.0 Å². The van der Waals surface area contributed by atoms with Gasteiger partial charge in [-0.3, -0.25) is 4.68 Å². The molecule has 158 valence electrons. The number of nitrogens with one attached hydrogen (secondary N) is 2. The van der Waals surface area contributed by atoms with E-state index in [-0.39, 0.29) is 4.90 Å². The number of sulfone groups is 1. The van der Waals surface area contributed by atoms with E-state index in [4.69, 9.17) is 0 Å². The molecule has 0 aliphatic heterocycles. The molecule has 31 heavy (non-hydrogen) atoms. The summed E-state index contributed by atoms with van der Waals surface area (Å²) in [6.07, 6.45) is 7.03. The highest BCUT2D eigenvalue weighted by Crippen LogP contribution is 2.37.